The van der Waals surface area contributed by atoms with E-state index in [0.717, 1.165) is 29.6 Å². The summed E-state index contributed by atoms with van der Waals surface area (Å²) in [5.41, 5.74) is 1.91. The van der Waals surface area contributed by atoms with Crippen molar-refractivity contribution >= 4 is 11.3 Å². The number of thiazole rings is 1. The predicted molar refractivity (Wildman–Crippen MR) is 81.4 cm³/mol. The summed E-state index contributed by atoms with van der Waals surface area (Å²) in [5, 5.41) is 4.10. The number of aromatic nitrogens is 1. The Labute approximate surface area is 127 Å². The van der Waals surface area contributed by atoms with E-state index in [0.29, 0.717) is 5.56 Å². The number of fused-ring (bicyclic) bond motifs is 1. The van der Waals surface area contributed by atoms with Gasteiger partial charge in [-0.2, -0.15) is 0 Å². The van der Waals surface area contributed by atoms with E-state index in [1.165, 1.54) is 10.9 Å². The van der Waals surface area contributed by atoms with Crippen molar-refractivity contribution in [2.75, 3.05) is 7.05 Å². The molecule has 1 N–H and O–H groups in total. The van der Waals surface area contributed by atoms with Crippen LogP contribution in [0.5, 0.6) is 0 Å². The van der Waals surface area contributed by atoms with Crippen LogP contribution in [0.25, 0.3) is 10.6 Å². The van der Waals surface area contributed by atoms with E-state index in [1.807, 2.05) is 7.05 Å². The molecule has 0 saturated carbocycles. The first-order chi connectivity index (χ1) is 9.89. The molecule has 112 valence electrons. The molecule has 1 aromatic carbocycles. The smallest absolute Gasteiger partial charge is 0.159 e. The van der Waals surface area contributed by atoms with Gasteiger partial charge >= 0.3 is 0 Å². The van der Waals surface area contributed by atoms with E-state index < -0.39 is 11.6 Å². The second-order valence-electron chi connectivity index (χ2n) is 6.35. The van der Waals surface area contributed by atoms with Crippen molar-refractivity contribution in [1.82, 2.24) is 10.3 Å². The molecule has 21 heavy (non-hydrogen) atoms. The van der Waals surface area contributed by atoms with Crippen molar-refractivity contribution in [1.29, 1.82) is 0 Å². The Morgan fingerprint density at radius 1 is 1.29 bits per heavy atom. The summed E-state index contributed by atoms with van der Waals surface area (Å²) in [7, 11) is 1.95. The molecule has 0 fully saturated rings. The molecule has 0 spiro atoms. The van der Waals surface area contributed by atoms with Crippen molar-refractivity contribution < 1.29 is 8.78 Å². The molecule has 5 heteroatoms. The Morgan fingerprint density at radius 2 is 2.05 bits per heavy atom. The monoisotopic (exact) mass is 308 g/mol. The number of benzene rings is 1. The fourth-order valence-corrected chi connectivity index (χ4v) is 4.11. The Bertz CT molecular complexity index is 679. The molecule has 2 aromatic rings. The summed E-state index contributed by atoms with van der Waals surface area (Å²) >= 11 is 1.57. The first kappa shape index (κ1) is 14.6. The van der Waals surface area contributed by atoms with Gasteiger partial charge in [-0.3, -0.25) is 0 Å². The fraction of sp³-hybridized carbons (Fsp3) is 0.438. The number of nitrogens with one attached hydrogen (secondary N) is 1. The molecule has 1 atom stereocenters. The van der Waals surface area contributed by atoms with Crippen LogP contribution in [0.2, 0.25) is 0 Å². The van der Waals surface area contributed by atoms with E-state index in [9.17, 15) is 8.78 Å². The number of hydrogen-bond donors (Lipinski definition) is 1. The Balaban J connectivity index is 2.04. The molecule has 0 radical (unpaired) electrons. The standard InChI is InChI=1S/C16H18F2N2S/c1-16(2)7-12(19-3)14-13(8-16)20-15(21-14)9-4-5-10(17)11(18)6-9/h4-6,12,19H,7-8H2,1-3H3. The summed E-state index contributed by atoms with van der Waals surface area (Å²) in [5.74, 6) is -1.65. The van der Waals surface area contributed by atoms with Gasteiger partial charge in [-0.15, -0.1) is 11.3 Å². The fourth-order valence-electron chi connectivity index (χ4n) is 2.92. The largest absolute Gasteiger partial charge is 0.312 e. The second kappa shape index (κ2) is 5.14. The lowest BCUT2D eigenvalue weighted by atomic mass is 9.76. The Kier molecular flexibility index (Phi) is 3.58. The molecule has 0 saturated heterocycles. The second-order valence-corrected chi connectivity index (χ2v) is 7.38. The van der Waals surface area contributed by atoms with Crippen molar-refractivity contribution in [3.63, 3.8) is 0 Å². The maximum absolute atomic E-state index is 13.4. The van der Waals surface area contributed by atoms with Gasteiger partial charge in [-0.05, 0) is 43.5 Å². The summed E-state index contributed by atoms with van der Waals surface area (Å²) in [6, 6.07) is 4.24. The highest BCUT2D eigenvalue weighted by Crippen LogP contribution is 2.44. The third kappa shape index (κ3) is 2.72. The SMILES string of the molecule is CNC1CC(C)(C)Cc2nc(-c3ccc(F)c(F)c3)sc21. The molecule has 0 bridgehead atoms. The maximum atomic E-state index is 13.4. The minimum absolute atomic E-state index is 0.195. The average Bonchev–Trinajstić information content (AvgIpc) is 2.83. The molecule has 1 aliphatic rings. The van der Waals surface area contributed by atoms with Crippen molar-refractivity contribution in [3.8, 4) is 10.6 Å². The molecule has 1 heterocycles. The van der Waals surface area contributed by atoms with Gasteiger partial charge in [0, 0.05) is 16.5 Å². The summed E-state index contributed by atoms with van der Waals surface area (Å²) < 4.78 is 26.5. The van der Waals surface area contributed by atoms with Gasteiger partial charge in [0.2, 0.25) is 0 Å². The highest BCUT2D eigenvalue weighted by atomic mass is 32.1. The van der Waals surface area contributed by atoms with E-state index >= 15 is 0 Å². The van der Waals surface area contributed by atoms with E-state index in [1.54, 1.807) is 17.4 Å². The molecule has 2 nitrogen and oxygen atoms in total. The number of halogens is 2. The average molecular weight is 308 g/mol. The highest BCUT2D eigenvalue weighted by molar-refractivity contribution is 7.15. The highest BCUT2D eigenvalue weighted by Gasteiger charge is 2.34. The van der Waals surface area contributed by atoms with Gasteiger partial charge in [-0.25, -0.2) is 13.8 Å². The lowest BCUT2D eigenvalue weighted by Crippen LogP contribution is -2.30. The van der Waals surface area contributed by atoms with Crippen LogP contribution in [-0.2, 0) is 6.42 Å². The molecule has 1 aromatic heterocycles. The normalized spacial score (nSPS) is 20.3. The number of hydrogen-bond acceptors (Lipinski definition) is 3. The molecule has 1 aliphatic carbocycles. The topological polar surface area (TPSA) is 24.9 Å². The van der Waals surface area contributed by atoms with Gasteiger partial charge in [0.25, 0.3) is 0 Å². The number of nitrogens with zero attached hydrogens (tertiary/aromatic N) is 1. The lowest BCUT2D eigenvalue weighted by molar-refractivity contribution is 0.265. The minimum Gasteiger partial charge on any atom is -0.312 e. The van der Waals surface area contributed by atoms with Crippen LogP contribution >= 0.6 is 11.3 Å². The molecule has 0 aliphatic heterocycles. The molecular formula is C16H18F2N2S. The van der Waals surface area contributed by atoms with Crippen LogP contribution < -0.4 is 5.32 Å². The van der Waals surface area contributed by atoms with Crippen molar-refractivity contribution in [3.05, 3.63) is 40.4 Å². The van der Waals surface area contributed by atoms with Crippen LogP contribution in [0.15, 0.2) is 18.2 Å². The van der Waals surface area contributed by atoms with E-state index in [-0.39, 0.29) is 11.5 Å². The third-order valence-electron chi connectivity index (χ3n) is 3.96. The van der Waals surface area contributed by atoms with E-state index in [4.69, 9.17) is 0 Å². The van der Waals surface area contributed by atoms with Gasteiger partial charge in [-0.1, -0.05) is 13.8 Å². The van der Waals surface area contributed by atoms with Crippen molar-refractivity contribution in [2.45, 2.75) is 32.7 Å². The predicted octanol–water partition coefficient (Wildman–Crippen LogP) is 4.32. The van der Waals surface area contributed by atoms with Crippen LogP contribution in [0, 0.1) is 17.0 Å². The lowest BCUT2D eigenvalue weighted by Gasteiger charge is -2.34. The summed E-state index contributed by atoms with van der Waals surface area (Å²) in [4.78, 5) is 5.89. The first-order valence-electron chi connectivity index (χ1n) is 7.02. The molecular weight excluding hydrogens is 290 g/mol. The van der Waals surface area contributed by atoms with Crippen LogP contribution in [0.4, 0.5) is 8.78 Å². The van der Waals surface area contributed by atoms with E-state index in [2.05, 4.69) is 24.1 Å². The molecule has 0 amide bonds. The zero-order chi connectivity index (χ0) is 15.2. The zero-order valence-corrected chi connectivity index (χ0v) is 13.2. The first-order valence-corrected chi connectivity index (χ1v) is 7.83. The van der Waals surface area contributed by atoms with Gasteiger partial charge in [0.1, 0.15) is 5.01 Å². The van der Waals surface area contributed by atoms with Gasteiger partial charge in [0.05, 0.1) is 5.69 Å². The molecule has 1 unspecified atom stereocenters. The Morgan fingerprint density at radius 3 is 2.71 bits per heavy atom. The van der Waals surface area contributed by atoms with Crippen LogP contribution in [-0.4, -0.2) is 12.0 Å². The van der Waals surface area contributed by atoms with Gasteiger partial charge in [0.15, 0.2) is 11.6 Å². The zero-order valence-electron chi connectivity index (χ0n) is 12.3. The number of rotatable bonds is 2. The molecule has 3 rings (SSSR count). The quantitative estimate of drug-likeness (QED) is 0.893. The summed E-state index contributed by atoms with van der Waals surface area (Å²) in [6.45, 7) is 4.47. The van der Waals surface area contributed by atoms with Crippen molar-refractivity contribution in [2.24, 2.45) is 5.41 Å². The third-order valence-corrected chi connectivity index (χ3v) is 5.22. The minimum atomic E-state index is -0.828. The summed E-state index contributed by atoms with van der Waals surface area (Å²) in [6.07, 6.45) is 1.97. The van der Waals surface area contributed by atoms with Crippen LogP contribution in [0.3, 0.4) is 0 Å². The van der Waals surface area contributed by atoms with Crippen LogP contribution in [0.1, 0.15) is 36.9 Å². The maximum Gasteiger partial charge on any atom is 0.159 e. The van der Waals surface area contributed by atoms with Gasteiger partial charge < -0.3 is 5.32 Å². The Hall–Kier alpha value is -1.33.